The third-order valence-corrected chi connectivity index (χ3v) is 7.07. The molecule has 7 nitrogen and oxygen atoms in total. The third kappa shape index (κ3) is 4.39. The van der Waals surface area contributed by atoms with Gasteiger partial charge in [-0.15, -0.1) is 11.3 Å². The van der Waals surface area contributed by atoms with E-state index in [9.17, 15) is 9.59 Å². The Morgan fingerprint density at radius 3 is 2.85 bits per heavy atom. The average Bonchev–Trinajstić information content (AvgIpc) is 3.56. The number of fused-ring (bicyclic) bond motifs is 2. The summed E-state index contributed by atoms with van der Waals surface area (Å²) in [4.78, 5) is 27.3. The lowest BCUT2D eigenvalue weighted by Gasteiger charge is -2.13. The van der Waals surface area contributed by atoms with Gasteiger partial charge in [0.1, 0.15) is 22.1 Å². The van der Waals surface area contributed by atoms with E-state index >= 15 is 0 Å². The van der Waals surface area contributed by atoms with Gasteiger partial charge in [-0.25, -0.2) is 0 Å². The first-order valence-electron chi connectivity index (χ1n) is 10.9. The molecule has 0 radical (unpaired) electrons. The highest BCUT2D eigenvalue weighted by molar-refractivity contribution is 7.17. The second-order valence-corrected chi connectivity index (χ2v) is 9.13. The molecule has 0 atom stereocenters. The van der Waals surface area contributed by atoms with Gasteiger partial charge >= 0.3 is 0 Å². The van der Waals surface area contributed by atoms with Crippen molar-refractivity contribution in [2.45, 2.75) is 38.6 Å². The first kappa shape index (κ1) is 21.3. The van der Waals surface area contributed by atoms with Crippen LogP contribution >= 0.6 is 11.3 Å². The van der Waals surface area contributed by atoms with Crippen molar-refractivity contribution in [2.75, 3.05) is 12.4 Å². The summed E-state index contributed by atoms with van der Waals surface area (Å²) < 4.78 is 16.2. The van der Waals surface area contributed by atoms with E-state index in [2.05, 4.69) is 10.6 Å². The van der Waals surface area contributed by atoms with Crippen molar-refractivity contribution in [2.24, 2.45) is 0 Å². The normalized spacial score (nSPS) is 13.0. The van der Waals surface area contributed by atoms with E-state index < -0.39 is 0 Å². The largest absolute Gasteiger partial charge is 0.497 e. The van der Waals surface area contributed by atoms with E-state index in [0.717, 1.165) is 42.2 Å². The van der Waals surface area contributed by atoms with Crippen molar-refractivity contribution in [3.63, 3.8) is 0 Å². The van der Waals surface area contributed by atoms with E-state index in [1.807, 2.05) is 24.3 Å². The Morgan fingerprint density at radius 1 is 1.15 bits per heavy atom. The number of hydrogen-bond acceptors (Lipinski definition) is 6. The fourth-order valence-corrected chi connectivity index (χ4v) is 5.53. The fraction of sp³-hybridized carbons (Fsp3) is 0.280. The lowest BCUT2D eigenvalue weighted by atomic mass is 9.95. The van der Waals surface area contributed by atoms with Crippen molar-refractivity contribution in [3.05, 3.63) is 70.2 Å². The molecule has 4 aromatic rings. The predicted octanol–water partition coefficient (Wildman–Crippen LogP) is 5.09. The maximum atomic E-state index is 13.1. The fourth-order valence-electron chi connectivity index (χ4n) is 4.23. The molecule has 1 aliphatic carbocycles. The summed E-state index contributed by atoms with van der Waals surface area (Å²) in [5.41, 5.74) is 3.10. The molecule has 0 aliphatic heterocycles. The quantitative estimate of drug-likeness (QED) is 0.398. The number of hydrogen-bond donors (Lipinski definition) is 2. The third-order valence-electron chi connectivity index (χ3n) is 5.87. The molecule has 0 fully saturated rings. The smallest absolute Gasteiger partial charge is 0.254 e. The van der Waals surface area contributed by atoms with E-state index in [0.29, 0.717) is 34.2 Å². The summed E-state index contributed by atoms with van der Waals surface area (Å²) >= 11 is 1.50. The van der Waals surface area contributed by atoms with Crippen LogP contribution in [0.4, 0.5) is 5.00 Å². The number of methoxy groups -OCH3 is 1. The summed E-state index contributed by atoms with van der Waals surface area (Å²) in [6, 6.07) is 9.10. The highest BCUT2D eigenvalue weighted by atomic mass is 32.1. The Kier molecular flexibility index (Phi) is 5.92. The van der Waals surface area contributed by atoms with Gasteiger partial charge in [-0.2, -0.15) is 0 Å². The zero-order valence-corrected chi connectivity index (χ0v) is 19.1. The molecule has 2 amide bonds. The van der Waals surface area contributed by atoms with Gasteiger partial charge in [0.15, 0.2) is 0 Å². The molecule has 5 rings (SSSR count). The molecule has 3 aromatic heterocycles. The molecule has 3 heterocycles. The highest BCUT2D eigenvalue weighted by Gasteiger charge is 2.26. The molecule has 1 aliphatic rings. The number of aryl methyl sites for hydroxylation is 1. The number of nitrogens with one attached hydrogen (secondary N) is 2. The van der Waals surface area contributed by atoms with Gasteiger partial charge in [-0.1, -0.05) is 0 Å². The molecule has 2 N–H and O–H groups in total. The highest BCUT2D eigenvalue weighted by Crippen LogP contribution is 2.38. The number of thiophene rings is 1. The van der Waals surface area contributed by atoms with Gasteiger partial charge in [0.05, 0.1) is 38.2 Å². The number of rotatable bonds is 7. The zero-order valence-electron chi connectivity index (χ0n) is 18.2. The van der Waals surface area contributed by atoms with Crippen LogP contribution in [-0.2, 0) is 30.6 Å². The summed E-state index contributed by atoms with van der Waals surface area (Å²) in [5, 5.41) is 7.37. The summed E-state index contributed by atoms with van der Waals surface area (Å²) in [7, 11) is 1.60. The first-order chi connectivity index (χ1) is 16.1. The van der Waals surface area contributed by atoms with Gasteiger partial charge in [-0.05, 0) is 61.6 Å². The average molecular weight is 465 g/mol. The van der Waals surface area contributed by atoms with Crippen LogP contribution in [0, 0.1) is 0 Å². The van der Waals surface area contributed by atoms with Crippen molar-refractivity contribution in [3.8, 4) is 5.75 Å². The van der Waals surface area contributed by atoms with Crippen LogP contribution in [-0.4, -0.2) is 18.9 Å². The van der Waals surface area contributed by atoms with Gasteiger partial charge in [0.2, 0.25) is 5.91 Å². The standard InChI is InChI=1S/C25H24N2O5S/c1-30-16-8-9-20-19(12-16)15(14-32-20)11-22(28)27-25-23(18-6-2-3-7-21(18)33-25)24(29)26-13-17-5-4-10-31-17/h4-5,8-10,12,14H,2-3,6-7,11,13H2,1H3,(H,26,29)(H,27,28). The topological polar surface area (TPSA) is 93.7 Å². The Hall–Kier alpha value is -3.52. The SMILES string of the molecule is COc1ccc2occ(CC(=O)Nc3sc4c(c3C(=O)NCc3ccco3)CCCC4)c2c1. The van der Waals surface area contributed by atoms with Crippen molar-refractivity contribution in [1.82, 2.24) is 5.32 Å². The minimum Gasteiger partial charge on any atom is -0.497 e. The van der Waals surface area contributed by atoms with E-state index in [4.69, 9.17) is 13.6 Å². The number of carbonyl (C=O) groups is 2. The van der Waals surface area contributed by atoms with Crippen LogP contribution in [0.1, 0.15) is 45.0 Å². The first-order valence-corrected chi connectivity index (χ1v) is 11.7. The number of carbonyl (C=O) groups excluding carboxylic acids is 2. The van der Waals surface area contributed by atoms with Crippen LogP contribution in [0.25, 0.3) is 11.0 Å². The molecule has 0 unspecified atom stereocenters. The number of furan rings is 2. The molecular weight excluding hydrogens is 440 g/mol. The van der Waals surface area contributed by atoms with Gasteiger partial charge in [-0.3, -0.25) is 9.59 Å². The van der Waals surface area contributed by atoms with E-state index in [1.165, 1.54) is 16.2 Å². The molecule has 0 bridgehead atoms. The van der Waals surface area contributed by atoms with Crippen molar-refractivity contribution >= 4 is 39.1 Å². The van der Waals surface area contributed by atoms with Crippen LogP contribution < -0.4 is 15.4 Å². The Bertz CT molecular complexity index is 1300. The van der Waals surface area contributed by atoms with Gasteiger partial charge < -0.3 is 24.2 Å². The van der Waals surface area contributed by atoms with Crippen molar-refractivity contribution < 1.29 is 23.2 Å². The Balaban J connectivity index is 1.37. The Labute approximate surface area is 194 Å². The minimum atomic E-state index is -0.195. The second kappa shape index (κ2) is 9.15. The predicted molar refractivity (Wildman–Crippen MR) is 126 cm³/mol. The van der Waals surface area contributed by atoms with Crippen LogP contribution in [0.5, 0.6) is 5.75 Å². The van der Waals surface area contributed by atoms with Gasteiger partial charge in [0, 0.05) is 15.8 Å². The molecule has 0 saturated heterocycles. The summed E-state index contributed by atoms with van der Waals surface area (Å²) in [6.45, 7) is 0.298. The zero-order chi connectivity index (χ0) is 22.8. The molecule has 0 saturated carbocycles. The molecule has 1 aromatic carbocycles. The second-order valence-electron chi connectivity index (χ2n) is 8.03. The number of benzene rings is 1. The summed E-state index contributed by atoms with van der Waals surface area (Å²) in [5.74, 6) is 0.992. The number of ether oxygens (including phenoxy) is 1. The monoisotopic (exact) mass is 464 g/mol. The Morgan fingerprint density at radius 2 is 2.03 bits per heavy atom. The van der Waals surface area contributed by atoms with Crippen LogP contribution in [0.3, 0.4) is 0 Å². The van der Waals surface area contributed by atoms with Crippen LogP contribution in [0.2, 0.25) is 0 Å². The van der Waals surface area contributed by atoms with E-state index in [-0.39, 0.29) is 18.2 Å². The van der Waals surface area contributed by atoms with Gasteiger partial charge in [0.25, 0.3) is 5.91 Å². The van der Waals surface area contributed by atoms with Crippen molar-refractivity contribution in [1.29, 1.82) is 0 Å². The lowest BCUT2D eigenvalue weighted by Crippen LogP contribution is -2.25. The maximum absolute atomic E-state index is 13.1. The van der Waals surface area contributed by atoms with E-state index in [1.54, 1.807) is 25.7 Å². The lowest BCUT2D eigenvalue weighted by molar-refractivity contribution is -0.115. The molecule has 33 heavy (non-hydrogen) atoms. The maximum Gasteiger partial charge on any atom is 0.254 e. The number of amides is 2. The molecule has 170 valence electrons. The molecular formula is C25H24N2O5S. The molecule has 8 heteroatoms. The molecule has 0 spiro atoms. The van der Waals surface area contributed by atoms with Crippen LogP contribution in [0.15, 0.2) is 51.7 Å². The minimum absolute atomic E-state index is 0.135. The summed E-state index contributed by atoms with van der Waals surface area (Å²) in [6.07, 6.45) is 7.22. The number of anilines is 1.